The topological polar surface area (TPSA) is 66.9 Å². The molecule has 3 aromatic rings. The van der Waals surface area contributed by atoms with Gasteiger partial charge in [-0.25, -0.2) is 0 Å². The van der Waals surface area contributed by atoms with Crippen LogP contribution in [0.15, 0.2) is 42.5 Å². The van der Waals surface area contributed by atoms with Crippen LogP contribution in [-0.4, -0.2) is 23.2 Å². The third kappa shape index (κ3) is 4.12. The Kier molecular flexibility index (Phi) is 5.49. The fourth-order valence-electron chi connectivity index (χ4n) is 2.61. The molecule has 5 nitrogen and oxygen atoms in total. The monoisotopic (exact) mass is 486 g/mol. The van der Waals surface area contributed by atoms with Gasteiger partial charge in [-0.1, -0.05) is 34.7 Å². The van der Waals surface area contributed by atoms with Crippen LogP contribution in [0, 0.1) is 0 Å². The fourth-order valence-corrected chi connectivity index (χ4v) is 3.17. The molecule has 2 N–H and O–H groups in total. The second-order valence-corrected chi connectivity index (χ2v) is 6.43. The second-order valence-electron chi connectivity index (χ2n) is 5.67. The summed E-state index contributed by atoms with van der Waals surface area (Å²) in [5.74, 6) is 0.0124. The Morgan fingerprint density at radius 3 is 2.56 bits per heavy atom. The molecule has 0 bridgehead atoms. The Hall–Kier alpha value is -2.43. The van der Waals surface area contributed by atoms with Gasteiger partial charge in [0.25, 0.3) is 5.91 Å². The van der Waals surface area contributed by atoms with Crippen molar-refractivity contribution in [1.29, 1.82) is 0 Å². The van der Waals surface area contributed by atoms with Crippen LogP contribution >= 0.6 is 22.6 Å². The van der Waals surface area contributed by atoms with Gasteiger partial charge in [-0.05, 0) is 30.3 Å². The van der Waals surface area contributed by atoms with Crippen molar-refractivity contribution in [3.8, 4) is 0 Å². The summed E-state index contributed by atoms with van der Waals surface area (Å²) in [6.07, 6.45) is -4.47. The van der Waals surface area contributed by atoms with E-state index in [1.54, 1.807) is 25.2 Å². The largest absolute Gasteiger partial charge is 0.416 e. The van der Waals surface area contributed by atoms with E-state index in [0.29, 0.717) is 15.8 Å². The average molecular weight is 486 g/mol. The molecule has 3 rings (SSSR count). The van der Waals surface area contributed by atoms with Gasteiger partial charge in [0.1, 0.15) is 0 Å². The van der Waals surface area contributed by atoms with Gasteiger partial charge in [0.15, 0.2) is 5.82 Å². The molecule has 0 saturated heterocycles. The molecule has 0 fully saturated rings. The smallest absolute Gasteiger partial charge is 0.371 e. The number of amides is 1. The zero-order chi connectivity index (χ0) is 19.6. The van der Waals surface area contributed by atoms with Gasteiger partial charge in [-0.15, -0.1) is 5.10 Å². The average Bonchev–Trinajstić information content (AvgIpc) is 2.66. The van der Waals surface area contributed by atoms with E-state index in [-0.39, 0.29) is 5.69 Å². The van der Waals surface area contributed by atoms with Gasteiger partial charge in [0, 0.05) is 33.5 Å². The first-order valence-electron chi connectivity index (χ1n) is 7.85. The van der Waals surface area contributed by atoms with Crippen LogP contribution in [0.2, 0.25) is 0 Å². The predicted octanol–water partition coefficient (Wildman–Crippen LogP) is 4.88. The Morgan fingerprint density at radius 1 is 1.11 bits per heavy atom. The maximum Gasteiger partial charge on any atom is 0.416 e. The molecule has 0 aliphatic carbocycles. The van der Waals surface area contributed by atoms with E-state index in [2.05, 4.69) is 43.4 Å². The van der Waals surface area contributed by atoms with Crippen molar-refractivity contribution in [1.82, 2.24) is 10.2 Å². The number of hydrogen-bond acceptors (Lipinski definition) is 4. The Morgan fingerprint density at radius 2 is 1.89 bits per heavy atom. The summed E-state index contributed by atoms with van der Waals surface area (Å²) in [5.41, 5.74) is 0.348. The van der Waals surface area contributed by atoms with Crippen molar-refractivity contribution in [3.63, 3.8) is 0 Å². The molecule has 0 atom stereocenters. The third-order valence-electron chi connectivity index (χ3n) is 3.93. The van der Waals surface area contributed by atoms with Crippen molar-refractivity contribution in [2.45, 2.75) is 10.6 Å². The molecule has 1 aromatic heterocycles. The summed E-state index contributed by atoms with van der Waals surface area (Å²) in [7, 11) is 1.70. The first-order valence-corrected chi connectivity index (χ1v) is 9.37. The lowest BCUT2D eigenvalue weighted by Gasteiger charge is -2.11. The minimum atomic E-state index is -4.47. The van der Waals surface area contributed by atoms with E-state index >= 15 is 0 Å². The van der Waals surface area contributed by atoms with Crippen LogP contribution in [0.4, 0.5) is 24.7 Å². The number of alkyl halides is 4. The van der Waals surface area contributed by atoms with Gasteiger partial charge >= 0.3 is 6.18 Å². The van der Waals surface area contributed by atoms with Crippen molar-refractivity contribution in [2.24, 2.45) is 0 Å². The summed E-state index contributed by atoms with van der Waals surface area (Å²) < 4.78 is 39.1. The van der Waals surface area contributed by atoms with Gasteiger partial charge in [0.05, 0.1) is 11.3 Å². The SMILES string of the molecule is CNc1nnc(CI)c2ccc(C(=O)Nc3cccc(C(F)(F)F)c3)cc12. The summed E-state index contributed by atoms with van der Waals surface area (Å²) >= 11 is 2.18. The highest BCUT2D eigenvalue weighted by Crippen LogP contribution is 2.31. The third-order valence-corrected chi connectivity index (χ3v) is 4.65. The van der Waals surface area contributed by atoms with Crippen LogP contribution in [0.3, 0.4) is 0 Å². The Balaban J connectivity index is 1.95. The molecule has 0 saturated carbocycles. The molecule has 2 aromatic carbocycles. The van der Waals surface area contributed by atoms with Crippen LogP contribution in [-0.2, 0) is 10.6 Å². The number of fused-ring (bicyclic) bond motifs is 1. The van der Waals surface area contributed by atoms with Crippen molar-refractivity contribution < 1.29 is 18.0 Å². The van der Waals surface area contributed by atoms with E-state index in [9.17, 15) is 18.0 Å². The number of benzene rings is 2. The number of nitrogens with one attached hydrogen (secondary N) is 2. The van der Waals surface area contributed by atoms with Crippen molar-refractivity contribution in [3.05, 3.63) is 59.3 Å². The van der Waals surface area contributed by atoms with E-state index in [1.165, 1.54) is 12.1 Å². The molecule has 140 valence electrons. The molecule has 0 aliphatic heterocycles. The minimum Gasteiger partial charge on any atom is -0.371 e. The highest BCUT2D eigenvalue weighted by molar-refractivity contribution is 14.1. The lowest BCUT2D eigenvalue weighted by Crippen LogP contribution is -2.13. The summed E-state index contributed by atoms with van der Waals surface area (Å²) in [6.45, 7) is 0. The zero-order valence-electron chi connectivity index (χ0n) is 14.1. The van der Waals surface area contributed by atoms with Crippen LogP contribution < -0.4 is 10.6 Å². The lowest BCUT2D eigenvalue weighted by atomic mass is 10.1. The highest BCUT2D eigenvalue weighted by Gasteiger charge is 2.30. The summed E-state index contributed by atoms with van der Waals surface area (Å²) in [6, 6.07) is 9.54. The standard InChI is InChI=1S/C18H14F3IN4O/c1-23-16-14-7-10(5-6-13(14)15(9-22)25-26-16)17(27)24-12-4-2-3-11(8-12)18(19,20)21/h2-8H,9H2,1H3,(H,23,26)(H,24,27). The number of anilines is 2. The summed E-state index contributed by atoms with van der Waals surface area (Å²) in [4.78, 5) is 12.5. The number of nitrogens with zero attached hydrogens (tertiary/aromatic N) is 2. The molecule has 0 aliphatic rings. The number of carbonyl (C=O) groups excluding carboxylic acids is 1. The number of aromatic nitrogens is 2. The predicted molar refractivity (Wildman–Crippen MR) is 106 cm³/mol. The number of hydrogen-bond donors (Lipinski definition) is 2. The number of carbonyl (C=O) groups is 1. The quantitative estimate of drug-likeness (QED) is 0.408. The molecule has 0 spiro atoms. The van der Waals surface area contributed by atoms with E-state index in [1.807, 2.05) is 0 Å². The van der Waals surface area contributed by atoms with Crippen molar-refractivity contribution >= 4 is 50.8 Å². The zero-order valence-corrected chi connectivity index (χ0v) is 16.2. The molecular formula is C18H14F3IN4O. The Labute approximate surface area is 166 Å². The van der Waals surface area contributed by atoms with Gasteiger partial charge < -0.3 is 10.6 Å². The first-order chi connectivity index (χ1) is 12.8. The summed E-state index contributed by atoms with van der Waals surface area (Å²) in [5, 5.41) is 15.3. The van der Waals surface area contributed by atoms with E-state index < -0.39 is 17.6 Å². The minimum absolute atomic E-state index is 0.0737. The van der Waals surface area contributed by atoms with Crippen molar-refractivity contribution in [2.75, 3.05) is 17.7 Å². The van der Waals surface area contributed by atoms with Gasteiger partial charge in [-0.3, -0.25) is 4.79 Å². The molecule has 1 heterocycles. The number of halogens is 4. The molecular weight excluding hydrogens is 472 g/mol. The normalized spacial score (nSPS) is 11.4. The van der Waals surface area contributed by atoms with E-state index in [0.717, 1.165) is 28.6 Å². The maximum atomic E-state index is 12.8. The number of rotatable bonds is 4. The van der Waals surface area contributed by atoms with Crippen LogP contribution in [0.1, 0.15) is 21.6 Å². The molecule has 0 unspecified atom stereocenters. The van der Waals surface area contributed by atoms with Gasteiger partial charge in [0.2, 0.25) is 0 Å². The molecule has 9 heteroatoms. The first kappa shape index (κ1) is 19.3. The fraction of sp³-hybridized carbons (Fsp3) is 0.167. The van der Waals surface area contributed by atoms with E-state index in [4.69, 9.17) is 0 Å². The molecule has 27 heavy (non-hydrogen) atoms. The van der Waals surface area contributed by atoms with Gasteiger partial charge in [-0.2, -0.15) is 18.3 Å². The lowest BCUT2D eigenvalue weighted by molar-refractivity contribution is -0.137. The second kappa shape index (κ2) is 7.67. The maximum absolute atomic E-state index is 12.8. The Bertz CT molecular complexity index is 1010. The van der Waals surface area contributed by atoms with Crippen LogP contribution in [0.5, 0.6) is 0 Å². The highest BCUT2D eigenvalue weighted by atomic mass is 127. The molecule has 1 amide bonds. The van der Waals surface area contributed by atoms with Crippen LogP contribution in [0.25, 0.3) is 10.8 Å². The molecule has 0 radical (unpaired) electrons.